The van der Waals surface area contributed by atoms with Gasteiger partial charge in [-0.2, -0.15) is 0 Å². The van der Waals surface area contributed by atoms with E-state index in [-0.39, 0.29) is 18.1 Å². The molecule has 2 N–H and O–H groups in total. The first kappa shape index (κ1) is 17.3. The number of rotatable bonds is 4. The molecule has 0 spiro atoms. The molecular weight excluding hydrogens is 314 g/mol. The molecule has 0 aliphatic carbocycles. The first-order valence-corrected chi connectivity index (χ1v) is 8.63. The third-order valence-corrected chi connectivity index (χ3v) is 4.63. The van der Waals surface area contributed by atoms with E-state index in [1.165, 1.54) is 5.69 Å². The predicted octanol–water partition coefficient (Wildman–Crippen LogP) is 2.63. The minimum absolute atomic E-state index is 0.0824. The van der Waals surface area contributed by atoms with Gasteiger partial charge >= 0.3 is 0 Å². The molecule has 1 fully saturated rings. The fourth-order valence-corrected chi connectivity index (χ4v) is 3.10. The molecule has 0 atom stereocenters. The summed E-state index contributed by atoms with van der Waals surface area (Å²) in [4.78, 5) is 17.0. The predicted molar refractivity (Wildman–Crippen MR) is 101 cm³/mol. The van der Waals surface area contributed by atoms with Crippen molar-refractivity contribution in [1.29, 1.82) is 0 Å². The van der Waals surface area contributed by atoms with Crippen LogP contribution in [0.1, 0.15) is 11.1 Å². The van der Waals surface area contributed by atoms with Crippen LogP contribution in [0.2, 0.25) is 0 Å². The van der Waals surface area contributed by atoms with Gasteiger partial charge < -0.3 is 20.2 Å². The first-order chi connectivity index (χ1) is 12.0. The van der Waals surface area contributed by atoms with Crippen LogP contribution in [0.4, 0.5) is 11.4 Å². The molecule has 0 saturated carbocycles. The highest BCUT2D eigenvalue weighted by molar-refractivity contribution is 5.93. The number of nitrogens with zero attached hydrogens (tertiary/aromatic N) is 2. The maximum absolute atomic E-state index is 12.3. The second-order valence-corrected chi connectivity index (χ2v) is 6.68. The lowest BCUT2D eigenvalue weighted by Crippen LogP contribution is -2.44. The lowest BCUT2D eigenvalue weighted by molar-refractivity contribution is -0.115. The van der Waals surface area contributed by atoms with Crippen LogP contribution in [0.5, 0.6) is 5.75 Å². The van der Waals surface area contributed by atoms with Gasteiger partial charge in [0.2, 0.25) is 5.91 Å². The maximum atomic E-state index is 12.3. The van der Waals surface area contributed by atoms with Crippen LogP contribution in [0.25, 0.3) is 0 Å². The third-order valence-electron chi connectivity index (χ3n) is 4.63. The van der Waals surface area contributed by atoms with Crippen molar-refractivity contribution in [2.45, 2.75) is 13.3 Å². The lowest BCUT2D eigenvalue weighted by atomic mass is 10.1. The van der Waals surface area contributed by atoms with Crippen molar-refractivity contribution >= 4 is 17.3 Å². The lowest BCUT2D eigenvalue weighted by Gasteiger charge is -2.34. The van der Waals surface area contributed by atoms with E-state index < -0.39 is 0 Å². The van der Waals surface area contributed by atoms with Gasteiger partial charge in [0.25, 0.3) is 0 Å². The molecule has 1 saturated heterocycles. The number of likely N-dealkylation sites (N-methyl/N-ethyl adjacent to an activating group) is 1. The van der Waals surface area contributed by atoms with Gasteiger partial charge in [-0.1, -0.05) is 12.1 Å². The number of carbonyl (C=O) groups excluding carboxylic acids is 1. The standard InChI is InChI=1S/C20H25N3O2/c1-15-12-17(23-10-8-22(2)9-11-23)6-7-19(15)21-20(25)14-16-4-3-5-18(24)13-16/h3-7,12-13,24H,8-11,14H2,1-2H3,(H,21,25). The molecule has 25 heavy (non-hydrogen) atoms. The van der Waals surface area contributed by atoms with E-state index in [1.54, 1.807) is 18.2 Å². The van der Waals surface area contributed by atoms with Crippen LogP contribution in [-0.4, -0.2) is 49.1 Å². The van der Waals surface area contributed by atoms with Crippen molar-refractivity contribution in [2.75, 3.05) is 43.4 Å². The summed E-state index contributed by atoms with van der Waals surface area (Å²) in [5.41, 5.74) is 3.89. The number of amides is 1. The molecular formula is C20H25N3O2. The van der Waals surface area contributed by atoms with Crippen LogP contribution in [0.3, 0.4) is 0 Å². The van der Waals surface area contributed by atoms with Crippen molar-refractivity contribution in [3.8, 4) is 5.75 Å². The number of nitrogens with one attached hydrogen (secondary N) is 1. The summed E-state index contributed by atoms with van der Waals surface area (Å²) in [7, 11) is 2.15. The summed E-state index contributed by atoms with van der Waals surface area (Å²) < 4.78 is 0. The fourth-order valence-electron chi connectivity index (χ4n) is 3.10. The van der Waals surface area contributed by atoms with Gasteiger partial charge in [-0.15, -0.1) is 0 Å². The van der Waals surface area contributed by atoms with Gasteiger partial charge in [-0.25, -0.2) is 0 Å². The summed E-state index contributed by atoms with van der Waals surface area (Å²) in [6.07, 6.45) is 0.244. The van der Waals surface area contributed by atoms with E-state index in [2.05, 4.69) is 34.3 Å². The number of piperazine rings is 1. The summed E-state index contributed by atoms with van der Waals surface area (Å²) >= 11 is 0. The average molecular weight is 339 g/mol. The van der Waals surface area contributed by atoms with Crippen molar-refractivity contribution < 1.29 is 9.90 Å². The summed E-state index contributed by atoms with van der Waals surface area (Å²) in [5, 5.41) is 12.5. The Morgan fingerprint density at radius 2 is 1.88 bits per heavy atom. The van der Waals surface area contributed by atoms with Crippen molar-refractivity contribution in [1.82, 2.24) is 4.90 Å². The average Bonchev–Trinajstić information content (AvgIpc) is 2.57. The first-order valence-electron chi connectivity index (χ1n) is 8.63. The van der Waals surface area contributed by atoms with Crippen LogP contribution >= 0.6 is 0 Å². The second kappa shape index (κ2) is 7.57. The second-order valence-electron chi connectivity index (χ2n) is 6.68. The van der Waals surface area contributed by atoms with Gasteiger partial charge in [0.15, 0.2) is 0 Å². The quantitative estimate of drug-likeness (QED) is 0.899. The molecule has 0 radical (unpaired) electrons. The zero-order valence-electron chi connectivity index (χ0n) is 14.8. The molecule has 5 heteroatoms. The summed E-state index contributed by atoms with van der Waals surface area (Å²) in [5.74, 6) is 0.0963. The molecule has 3 rings (SSSR count). The summed E-state index contributed by atoms with van der Waals surface area (Å²) in [6.45, 7) is 6.21. The SMILES string of the molecule is Cc1cc(N2CCN(C)CC2)ccc1NC(=O)Cc1cccc(O)c1. The number of aryl methyl sites for hydroxylation is 1. The monoisotopic (exact) mass is 339 g/mol. The Balaban J connectivity index is 1.63. The Morgan fingerprint density at radius 3 is 2.56 bits per heavy atom. The van der Waals surface area contributed by atoms with Gasteiger partial charge in [0.1, 0.15) is 5.75 Å². The highest BCUT2D eigenvalue weighted by Crippen LogP contribution is 2.24. The molecule has 2 aromatic rings. The van der Waals surface area contributed by atoms with Gasteiger partial charge in [0.05, 0.1) is 6.42 Å². The van der Waals surface area contributed by atoms with E-state index >= 15 is 0 Å². The van der Waals surface area contributed by atoms with E-state index in [4.69, 9.17) is 0 Å². The topological polar surface area (TPSA) is 55.8 Å². The molecule has 132 valence electrons. The van der Waals surface area contributed by atoms with Crippen molar-refractivity contribution in [3.63, 3.8) is 0 Å². The molecule has 1 aliphatic heterocycles. The van der Waals surface area contributed by atoms with Crippen LogP contribution < -0.4 is 10.2 Å². The van der Waals surface area contributed by atoms with Gasteiger partial charge in [-0.3, -0.25) is 4.79 Å². The highest BCUT2D eigenvalue weighted by Gasteiger charge is 2.15. The smallest absolute Gasteiger partial charge is 0.228 e. The Kier molecular flexibility index (Phi) is 5.24. The Morgan fingerprint density at radius 1 is 1.12 bits per heavy atom. The van der Waals surface area contributed by atoms with Gasteiger partial charge in [0, 0.05) is 37.6 Å². The van der Waals surface area contributed by atoms with E-state index in [9.17, 15) is 9.90 Å². The minimum atomic E-state index is -0.0824. The zero-order chi connectivity index (χ0) is 17.8. The van der Waals surface area contributed by atoms with Gasteiger partial charge in [-0.05, 0) is 55.4 Å². The van der Waals surface area contributed by atoms with Crippen LogP contribution in [-0.2, 0) is 11.2 Å². The Bertz CT molecular complexity index is 752. The molecule has 1 heterocycles. The number of hydrogen-bond donors (Lipinski definition) is 2. The summed E-state index contributed by atoms with van der Waals surface area (Å²) in [6, 6.07) is 13.0. The van der Waals surface area contributed by atoms with Crippen LogP contribution in [0, 0.1) is 6.92 Å². The molecule has 1 amide bonds. The van der Waals surface area contributed by atoms with E-state index in [1.807, 2.05) is 19.1 Å². The number of hydrogen-bond acceptors (Lipinski definition) is 4. The number of aromatic hydroxyl groups is 1. The third kappa shape index (κ3) is 4.51. The number of carbonyl (C=O) groups is 1. The molecule has 0 aromatic heterocycles. The maximum Gasteiger partial charge on any atom is 0.228 e. The molecule has 1 aliphatic rings. The number of benzene rings is 2. The fraction of sp³-hybridized carbons (Fsp3) is 0.350. The largest absolute Gasteiger partial charge is 0.508 e. The molecule has 2 aromatic carbocycles. The number of phenolic OH excluding ortho intramolecular Hbond substituents is 1. The molecule has 0 unspecified atom stereocenters. The molecule has 0 bridgehead atoms. The van der Waals surface area contributed by atoms with Crippen molar-refractivity contribution in [2.24, 2.45) is 0 Å². The number of phenols is 1. The Labute approximate surface area is 148 Å². The number of anilines is 2. The highest BCUT2D eigenvalue weighted by atomic mass is 16.3. The van der Waals surface area contributed by atoms with Crippen LogP contribution in [0.15, 0.2) is 42.5 Å². The Hall–Kier alpha value is -2.53. The normalized spacial score (nSPS) is 15.2. The van der Waals surface area contributed by atoms with Crippen molar-refractivity contribution in [3.05, 3.63) is 53.6 Å². The minimum Gasteiger partial charge on any atom is -0.508 e. The zero-order valence-corrected chi connectivity index (χ0v) is 14.8. The molecule has 5 nitrogen and oxygen atoms in total. The van der Waals surface area contributed by atoms with E-state index in [0.29, 0.717) is 0 Å². The van der Waals surface area contributed by atoms with E-state index in [0.717, 1.165) is 43.0 Å².